The van der Waals surface area contributed by atoms with Gasteiger partial charge in [0.1, 0.15) is 0 Å². The van der Waals surface area contributed by atoms with Crippen LogP contribution in [0.4, 0.5) is 0 Å². The van der Waals surface area contributed by atoms with Crippen LogP contribution >= 0.6 is 27.3 Å². The van der Waals surface area contributed by atoms with Gasteiger partial charge in [0.15, 0.2) is 11.7 Å². The second kappa shape index (κ2) is 6.33. The van der Waals surface area contributed by atoms with E-state index in [4.69, 9.17) is 4.42 Å². The highest BCUT2D eigenvalue weighted by atomic mass is 79.9. The summed E-state index contributed by atoms with van der Waals surface area (Å²) in [5, 5.41) is 5.36. The molecule has 3 nitrogen and oxygen atoms in total. The lowest BCUT2D eigenvalue weighted by Gasteiger charge is -1.99. The monoisotopic (exact) mass is 314 g/mol. The van der Waals surface area contributed by atoms with E-state index in [0.717, 1.165) is 46.9 Å². The van der Waals surface area contributed by atoms with Gasteiger partial charge in [-0.1, -0.05) is 6.92 Å². The zero-order chi connectivity index (χ0) is 12.1. The fourth-order valence-electron chi connectivity index (χ4n) is 1.50. The number of hydrogen-bond acceptors (Lipinski definition) is 4. The number of hydrogen-bond donors (Lipinski definition) is 1. The van der Waals surface area contributed by atoms with Crippen molar-refractivity contribution >= 4 is 27.3 Å². The van der Waals surface area contributed by atoms with Gasteiger partial charge in [0.05, 0.1) is 11.1 Å². The van der Waals surface area contributed by atoms with Gasteiger partial charge in [-0.2, -0.15) is 0 Å². The fourth-order valence-corrected chi connectivity index (χ4v) is 3.01. The summed E-state index contributed by atoms with van der Waals surface area (Å²) in [5.41, 5.74) is 0. The van der Waals surface area contributed by atoms with Crippen molar-refractivity contribution in [2.75, 3.05) is 13.1 Å². The van der Waals surface area contributed by atoms with Crippen LogP contribution < -0.4 is 5.32 Å². The molecule has 0 atom stereocenters. The molecule has 2 heterocycles. The van der Waals surface area contributed by atoms with E-state index in [1.54, 1.807) is 17.5 Å². The largest absolute Gasteiger partial charge is 0.440 e. The summed E-state index contributed by atoms with van der Waals surface area (Å²) in [4.78, 5) is 5.39. The van der Waals surface area contributed by atoms with Crippen LogP contribution in [0.15, 0.2) is 26.5 Å². The fraction of sp³-hybridized carbons (Fsp3) is 0.417. The van der Waals surface area contributed by atoms with Crippen LogP contribution in [0.25, 0.3) is 10.6 Å². The summed E-state index contributed by atoms with van der Waals surface area (Å²) in [6.07, 6.45) is 3.79. The highest BCUT2D eigenvalue weighted by Crippen LogP contribution is 2.33. The topological polar surface area (TPSA) is 38.1 Å². The van der Waals surface area contributed by atoms with Crippen molar-refractivity contribution in [1.29, 1.82) is 0 Å². The van der Waals surface area contributed by atoms with E-state index in [9.17, 15) is 0 Å². The van der Waals surface area contributed by atoms with Crippen molar-refractivity contribution in [1.82, 2.24) is 10.3 Å². The Labute approximate surface area is 113 Å². The smallest absolute Gasteiger partial charge is 0.196 e. The van der Waals surface area contributed by atoms with Gasteiger partial charge in [-0.15, -0.1) is 11.3 Å². The molecule has 0 aromatic carbocycles. The number of nitrogens with one attached hydrogen (secondary N) is 1. The summed E-state index contributed by atoms with van der Waals surface area (Å²) in [6, 6.07) is 2.02. The van der Waals surface area contributed by atoms with Gasteiger partial charge in [-0.3, -0.25) is 0 Å². The molecule has 0 saturated heterocycles. The van der Waals surface area contributed by atoms with Gasteiger partial charge in [0.2, 0.25) is 0 Å². The van der Waals surface area contributed by atoms with Gasteiger partial charge >= 0.3 is 0 Å². The van der Waals surface area contributed by atoms with E-state index in [2.05, 4.69) is 33.2 Å². The number of halogens is 1. The van der Waals surface area contributed by atoms with Gasteiger partial charge in [-0.05, 0) is 40.3 Å². The third-order valence-electron chi connectivity index (χ3n) is 2.34. The molecule has 2 aromatic heterocycles. The van der Waals surface area contributed by atoms with Gasteiger partial charge in [-0.25, -0.2) is 4.98 Å². The molecular formula is C12H15BrN2OS. The summed E-state index contributed by atoms with van der Waals surface area (Å²) in [6.45, 7) is 4.12. The van der Waals surface area contributed by atoms with Crippen LogP contribution in [-0.4, -0.2) is 18.1 Å². The molecule has 0 saturated carbocycles. The summed E-state index contributed by atoms with van der Waals surface area (Å²) in [5.74, 6) is 1.64. The third kappa shape index (κ3) is 3.40. The van der Waals surface area contributed by atoms with Crippen molar-refractivity contribution in [3.05, 3.63) is 28.0 Å². The maximum atomic E-state index is 5.72. The second-order valence-corrected chi connectivity index (χ2v) is 5.49. The predicted molar refractivity (Wildman–Crippen MR) is 74.4 cm³/mol. The highest BCUT2D eigenvalue weighted by molar-refractivity contribution is 9.10. The molecule has 2 rings (SSSR count). The molecule has 17 heavy (non-hydrogen) atoms. The van der Waals surface area contributed by atoms with Gasteiger partial charge in [0, 0.05) is 17.4 Å². The second-order valence-electron chi connectivity index (χ2n) is 3.72. The van der Waals surface area contributed by atoms with Gasteiger partial charge < -0.3 is 9.73 Å². The van der Waals surface area contributed by atoms with E-state index >= 15 is 0 Å². The minimum atomic E-state index is 0.795. The lowest BCUT2D eigenvalue weighted by Crippen LogP contribution is -2.17. The number of rotatable bonds is 6. The van der Waals surface area contributed by atoms with Crippen LogP contribution in [0.2, 0.25) is 0 Å². The van der Waals surface area contributed by atoms with Crippen LogP contribution in [0.5, 0.6) is 0 Å². The van der Waals surface area contributed by atoms with E-state index < -0.39 is 0 Å². The van der Waals surface area contributed by atoms with Crippen LogP contribution in [0.1, 0.15) is 19.2 Å². The molecule has 1 N–H and O–H groups in total. The summed E-state index contributed by atoms with van der Waals surface area (Å²) < 4.78 is 6.78. The van der Waals surface area contributed by atoms with Crippen molar-refractivity contribution in [3.63, 3.8) is 0 Å². The molecular weight excluding hydrogens is 300 g/mol. The molecule has 5 heteroatoms. The summed E-state index contributed by atoms with van der Waals surface area (Å²) >= 11 is 5.15. The molecule has 0 aliphatic rings. The number of thiophene rings is 1. The van der Waals surface area contributed by atoms with Crippen molar-refractivity contribution in [2.45, 2.75) is 19.8 Å². The number of aromatic nitrogens is 1. The molecule has 0 bridgehead atoms. The molecule has 0 spiro atoms. The minimum Gasteiger partial charge on any atom is -0.440 e. The zero-order valence-corrected chi connectivity index (χ0v) is 12.1. The first-order chi connectivity index (χ1) is 8.31. The van der Waals surface area contributed by atoms with Crippen molar-refractivity contribution in [3.8, 4) is 10.6 Å². The SMILES string of the molecule is CCCNCCc1ncc(-c2sccc2Br)o1. The average molecular weight is 315 g/mol. The molecule has 0 amide bonds. The van der Waals surface area contributed by atoms with Crippen molar-refractivity contribution < 1.29 is 4.42 Å². The van der Waals surface area contributed by atoms with Crippen molar-refractivity contribution in [2.24, 2.45) is 0 Å². The normalized spacial score (nSPS) is 10.9. The quantitative estimate of drug-likeness (QED) is 0.826. The number of nitrogens with zero attached hydrogens (tertiary/aromatic N) is 1. The Morgan fingerprint density at radius 2 is 2.35 bits per heavy atom. The Hall–Kier alpha value is -0.650. The first kappa shape index (κ1) is 12.8. The Bertz CT molecular complexity index is 467. The van der Waals surface area contributed by atoms with E-state index in [0.29, 0.717) is 0 Å². The van der Waals surface area contributed by atoms with Crippen LogP contribution in [0, 0.1) is 0 Å². The standard InChI is InChI=1S/C12H15BrN2OS/c1-2-5-14-6-3-11-15-8-10(16-11)12-9(13)4-7-17-12/h4,7-8,14H,2-3,5-6H2,1H3. The molecule has 92 valence electrons. The van der Waals surface area contributed by atoms with Crippen LogP contribution in [0.3, 0.4) is 0 Å². The van der Waals surface area contributed by atoms with E-state index in [-0.39, 0.29) is 0 Å². The molecule has 0 radical (unpaired) electrons. The lowest BCUT2D eigenvalue weighted by atomic mass is 10.4. The van der Waals surface area contributed by atoms with Gasteiger partial charge in [0.25, 0.3) is 0 Å². The molecule has 0 aliphatic heterocycles. The Morgan fingerprint density at radius 3 is 3.06 bits per heavy atom. The molecule has 0 fully saturated rings. The Kier molecular flexibility index (Phi) is 4.76. The zero-order valence-electron chi connectivity index (χ0n) is 9.70. The predicted octanol–water partition coefficient (Wildman–Crippen LogP) is 3.71. The van der Waals surface area contributed by atoms with E-state index in [1.807, 2.05) is 11.4 Å². The summed E-state index contributed by atoms with van der Waals surface area (Å²) in [7, 11) is 0. The first-order valence-corrected chi connectivity index (χ1v) is 7.37. The maximum Gasteiger partial charge on any atom is 0.196 e. The highest BCUT2D eigenvalue weighted by Gasteiger charge is 2.10. The molecule has 2 aromatic rings. The van der Waals surface area contributed by atoms with Crippen LogP contribution in [-0.2, 0) is 6.42 Å². The van der Waals surface area contributed by atoms with E-state index in [1.165, 1.54) is 0 Å². The lowest BCUT2D eigenvalue weighted by molar-refractivity contribution is 0.495. The maximum absolute atomic E-state index is 5.72. The minimum absolute atomic E-state index is 0.795. The third-order valence-corrected chi connectivity index (χ3v) is 4.19. The molecule has 0 unspecified atom stereocenters. The Balaban J connectivity index is 1.95. The Morgan fingerprint density at radius 1 is 1.47 bits per heavy atom. The molecule has 0 aliphatic carbocycles. The first-order valence-electron chi connectivity index (χ1n) is 5.70. The number of oxazole rings is 1. The average Bonchev–Trinajstić information content (AvgIpc) is 2.93.